The summed E-state index contributed by atoms with van der Waals surface area (Å²) in [4.78, 5) is 25.3. The number of carbonyl (C=O) groups is 2. The van der Waals surface area contributed by atoms with Crippen molar-refractivity contribution in [1.82, 2.24) is 10.3 Å². The van der Waals surface area contributed by atoms with E-state index in [-0.39, 0.29) is 5.56 Å². The molecule has 0 fully saturated rings. The highest BCUT2D eigenvalue weighted by molar-refractivity contribution is 5.94. The van der Waals surface area contributed by atoms with Gasteiger partial charge < -0.3 is 15.5 Å². The number of halogens is 1. The van der Waals surface area contributed by atoms with Gasteiger partial charge in [-0.2, -0.15) is 4.39 Å². The molecule has 1 aromatic rings. The largest absolute Gasteiger partial charge is 0.479 e. The molecule has 1 aromatic heterocycles. The first-order chi connectivity index (χ1) is 7.83. The van der Waals surface area contributed by atoms with Crippen molar-refractivity contribution < 1.29 is 24.2 Å². The molecule has 1 atom stereocenters. The third kappa shape index (κ3) is 3.49. The van der Waals surface area contributed by atoms with Gasteiger partial charge in [-0.15, -0.1) is 0 Å². The Morgan fingerprint density at radius 3 is 2.76 bits per heavy atom. The Morgan fingerprint density at radius 1 is 1.59 bits per heavy atom. The van der Waals surface area contributed by atoms with Crippen LogP contribution in [0.3, 0.4) is 0 Å². The second-order valence-electron chi connectivity index (χ2n) is 3.63. The minimum absolute atomic E-state index is 0.00121. The number of pyridine rings is 1. The van der Waals surface area contributed by atoms with E-state index >= 15 is 0 Å². The first-order valence-electron chi connectivity index (χ1n) is 4.68. The summed E-state index contributed by atoms with van der Waals surface area (Å²) >= 11 is 0. The standard InChI is InChI=1S/C10H11FN2O4/c1-10(17,9(15)16)5-13-8(14)6-2-3-12-7(11)4-6/h2-4,17H,5H2,1H3,(H,13,14)(H,15,16). The van der Waals surface area contributed by atoms with Crippen molar-refractivity contribution in [2.24, 2.45) is 0 Å². The number of nitrogens with zero attached hydrogens (tertiary/aromatic N) is 1. The first-order valence-corrected chi connectivity index (χ1v) is 4.68. The number of hydrogen-bond acceptors (Lipinski definition) is 4. The molecule has 0 aliphatic carbocycles. The monoisotopic (exact) mass is 242 g/mol. The molecule has 0 spiro atoms. The van der Waals surface area contributed by atoms with Gasteiger partial charge in [0.25, 0.3) is 5.91 Å². The molecule has 0 bridgehead atoms. The molecule has 92 valence electrons. The maximum atomic E-state index is 12.7. The van der Waals surface area contributed by atoms with Crippen molar-refractivity contribution in [2.45, 2.75) is 12.5 Å². The van der Waals surface area contributed by atoms with Crippen LogP contribution in [0.25, 0.3) is 0 Å². The fraction of sp³-hybridized carbons (Fsp3) is 0.300. The average Bonchev–Trinajstić information content (AvgIpc) is 2.25. The molecule has 1 amide bonds. The van der Waals surface area contributed by atoms with Gasteiger partial charge in [0.15, 0.2) is 5.60 Å². The molecule has 0 aromatic carbocycles. The van der Waals surface area contributed by atoms with E-state index in [1.54, 1.807) is 0 Å². The minimum Gasteiger partial charge on any atom is -0.479 e. The zero-order valence-corrected chi connectivity index (χ0v) is 8.98. The highest BCUT2D eigenvalue weighted by Gasteiger charge is 2.30. The number of carbonyl (C=O) groups excluding carboxylic acids is 1. The molecule has 1 heterocycles. The number of hydrogen-bond donors (Lipinski definition) is 3. The molecular formula is C10H11FN2O4. The molecule has 7 heteroatoms. The number of nitrogens with one attached hydrogen (secondary N) is 1. The summed E-state index contributed by atoms with van der Waals surface area (Å²) in [7, 11) is 0. The summed E-state index contributed by atoms with van der Waals surface area (Å²) in [5.41, 5.74) is -2.07. The van der Waals surface area contributed by atoms with Crippen molar-refractivity contribution in [3.05, 3.63) is 29.8 Å². The molecule has 0 radical (unpaired) electrons. The molecule has 1 unspecified atom stereocenters. The van der Waals surface area contributed by atoms with Gasteiger partial charge in [-0.25, -0.2) is 9.78 Å². The number of carboxylic acids is 1. The van der Waals surface area contributed by atoms with Crippen LogP contribution in [0, 0.1) is 5.95 Å². The molecular weight excluding hydrogens is 231 g/mol. The summed E-state index contributed by atoms with van der Waals surface area (Å²) in [5, 5.41) is 20.1. The van der Waals surface area contributed by atoms with E-state index in [0.29, 0.717) is 0 Å². The van der Waals surface area contributed by atoms with Crippen LogP contribution in [0.15, 0.2) is 18.3 Å². The summed E-state index contributed by atoms with van der Waals surface area (Å²) in [6, 6.07) is 2.18. The Bertz CT molecular complexity index is 448. The molecule has 1 rings (SSSR count). The molecule has 0 saturated heterocycles. The molecule has 0 aliphatic heterocycles. The second kappa shape index (κ2) is 4.88. The van der Waals surface area contributed by atoms with Crippen molar-refractivity contribution in [1.29, 1.82) is 0 Å². The van der Waals surface area contributed by atoms with E-state index in [2.05, 4.69) is 10.3 Å². The maximum Gasteiger partial charge on any atom is 0.337 e. The number of rotatable bonds is 4. The van der Waals surface area contributed by atoms with Crippen molar-refractivity contribution >= 4 is 11.9 Å². The van der Waals surface area contributed by atoms with E-state index in [1.807, 2.05) is 0 Å². The fourth-order valence-electron chi connectivity index (χ4n) is 0.974. The molecule has 17 heavy (non-hydrogen) atoms. The number of aromatic nitrogens is 1. The summed E-state index contributed by atoms with van der Waals surface area (Å²) in [6.45, 7) is 0.563. The van der Waals surface area contributed by atoms with Gasteiger partial charge in [0.05, 0.1) is 6.54 Å². The first kappa shape index (κ1) is 13.0. The van der Waals surface area contributed by atoms with Crippen LogP contribution < -0.4 is 5.32 Å². The molecule has 3 N–H and O–H groups in total. The van der Waals surface area contributed by atoms with Gasteiger partial charge >= 0.3 is 5.97 Å². The minimum atomic E-state index is -2.07. The predicted octanol–water partition coefficient (Wildman–Crippen LogP) is -0.214. The number of aliphatic carboxylic acids is 1. The van der Waals surface area contributed by atoms with Crippen LogP contribution >= 0.6 is 0 Å². The molecule has 0 saturated carbocycles. The fourth-order valence-corrected chi connectivity index (χ4v) is 0.974. The summed E-state index contributed by atoms with van der Waals surface area (Å²) < 4.78 is 12.7. The van der Waals surface area contributed by atoms with Gasteiger partial charge in [-0.1, -0.05) is 0 Å². The smallest absolute Gasteiger partial charge is 0.337 e. The van der Waals surface area contributed by atoms with Crippen molar-refractivity contribution in [3.63, 3.8) is 0 Å². The highest BCUT2D eigenvalue weighted by atomic mass is 19.1. The van der Waals surface area contributed by atoms with Crippen LogP contribution in [0.1, 0.15) is 17.3 Å². The Balaban J connectivity index is 2.65. The Hall–Kier alpha value is -2.02. The van der Waals surface area contributed by atoms with E-state index in [4.69, 9.17) is 5.11 Å². The summed E-state index contributed by atoms with van der Waals surface area (Å²) in [6.07, 6.45) is 1.11. The van der Waals surface area contributed by atoms with Crippen LogP contribution in [0.4, 0.5) is 4.39 Å². The van der Waals surface area contributed by atoms with Crippen LogP contribution in [0.2, 0.25) is 0 Å². The zero-order chi connectivity index (χ0) is 13.1. The Kier molecular flexibility index (Phi) is 3.74. The van der Waals surface area contributed by atoms with E-state index in [1.165, 1.54) is 6.07 Å². The lowest BCUT2D eigenvalue weighted by Crippen LogP contribution is -2.46. The lowest BCUT2D eigenvalue weighted by Gasteiger charge is -2.18. The lowest BCUT2D eigenvalue weighted by molar-refractivity contribution is -0.155. The average molecular weight is 242 g/mol. The van der Waals surface area contributed by atoms with E-state index < -0.39 is 30.0 Å². The number of amides is 1. The number of carboxylic acid groups (broad SMARTS) is 1. The Labute approximate surface area is 96.1 Å². The van der Waals surface area contributed by atoms with Gasteiger partial charge in [-0.3, -0.25) is 4.79 Å². The highest BCUT2D eigenvalue weighted by Crippen LogP contribution is 2.03. The lowest BCUT2D eigenvalue weighted by atomic mass is 10.1. The zero-order valence-electron chi connectivity index (χ0n) is 8.98. The van der Waals surface area contributed by atoms with Crippen molar-refractivity contribution in [3.8, 4) is 0 Å². The normalized spacial score (nSPS) is 13.8. The van der Waals surface area contributed by atoms with Crippen LogP contribution in [0.5, 0.6) is 0 Å². The van der Waals surface area contributed by atoms with Gasteiger partial charge in [0.2, 0.25) is 5.95 Å². The summed E-state index contributed by atoms with van der Waals surface area (Å²) in [5.74, 6) is -2.96. The molecule has 6 nitrogen and oxygen atoms in total. The quantitative estimate of drug-likeness (QED) is 0.634. The SMILES string of the molecule is CC(O)(CNC(=O)c1ccnc(F)c1)C(=O)O. The molecule has 0 aliphatic rings. The second-order valence-corrected chi connectivity index (χ2v) is 3.63. The third-order valence-corrected chi connectivity index (χ3v) is 2.04. The Morgan fingerprint density at radius 2 is 2.24 bits per heavy atom. The third-order valence-electron chi connectivity index (χ3n) is 2.04. The predicted molar refractivity (Wildman–Crippen MR) is 54.8 cm³/mol. The van der Waals surface area contributed by atoms with Crippen LogP contribution in [-0.4, -0.2) is 39.2 Å². The van der Waals surface area contributed by atoms with E-state index in [0.717, 1.165) is 19.2 Å². The number of aliphatic hydroxyl groups is 1. The van der Waals surface area contributed by atoms with Gasteiger partial charge in [0, 0.05) is 17.8 Å². The van der Waals surface area contributed by atoms with Gasteiger partial charge in [0.1, 0.15) is 0 Å². The maximum absolute atomic E-state index is 12.7. The topological polar surface area (TPSA) is 99.5 Å². The van der Waals surface area contributed by atoms with Crippen LogP contribution in [-0.2, 0) is 4.79 Å². The van der Waals surface area contributed by atoms with Crippen molar-refractivity contribution in [2.75, 3.05) is 6.54 Å². The van der Waals surface area contributed by atoms with Gasteiger partial charge in [-0.05, 0) is 13.0 Å². The van der Waals surface area contributed by atoms with E-state index in [9.17, 15) is 19.1 Å².